The molecule has 1 saturated carbocycles. The SMILES string of the molecule is CNC1CCC2N=C(N)SC2C1. The molecule has 3 N–H and O–H groups in total. The lowest BCUT2D eigenvalue weighted by Crippen LogP contribution is -2.37. The maximum absolute atomic E-state index is 5.67. The molecule has 1 aliphatic heterocycles. The molecular weight excluding hydrogens is 170 g/mol. The van der Waals surface area contributed by atoms with Gasteiger partial charge in [0.25, 0.3) is 0 Å². The molecule has 0 aromatic heterocycles. The van der Waals surface area contributed by atoms with Crippen LogP contribution in [0.1, 0.15) is 19.3 Å². The molecule has 2 aliphatic rings. The van der Waals surface area contributed by atoms with Gasteiger partial charge in [0.1, 0.15) is 0 Å². The van der Waals surface area contributed by atoms with Crippen LogP contribution in [-0.2, 0) is 0 Å². The largest absolute Gasteiger partial charge is 0.379 e. The van der Waals surface area contributed by atoms with Gasteiger partial charge in [-0.15, -0.1) is 0 Å². The predicted octanol–water partition coefficient (Wildman–Crippen LogP) is 0.557. The Labute approximate surface area is 77.2 Å². The van der Waals surface area contributed by atoms with Gasteiger partial charge < -0.3 is 11.1 Å². The lowest BCUT2D eigenvalue weighted by molar-refractivity contribution is 0.373. The zero-order chi connectivity index (χ0) is 8.55. The van der Waals surface area contributed by atoms with Crippen LogP contribution >= 0.6 is 11.8 Å². The van der Waals surface area contributed by atoms with Gasteiger partial charge in [-0.1, -0.05) is 11.8 Å². The third kappa shape index (κ3) is 1.45. The van der Waals surface area contributed by atoms with E-state index in [0.29, 0.717) is 17.3 Å². The fourth-order valence-corrected chi connectivity index (χ4v) is 3.19. The highest BCUT2D eigenvalue weighted by Crippen LogP contribution is 2.35. The van der Waals surface area contributed by atoms with E-state index in [1.165, 1.54) is 19.3 Å². The van der Waals surface area contributed by atoms with Crippen molar-refractivity contribution >= 4 is 16.9 Å². The fourth-order valence-electron chi connectivity index (χ4n) is 2.00. The Kier molecular flexibility index (Phi) is 2.28. The predicted molar refractivity (Wildman–Crippen MR) is 53.5 cm³/mol. The molecule has 0 spiro atoms. The Morgan fingerprint density at radius 2 is 2.42 bits per heavy atom. The lowest BCUT2D eigenvalue weighted by Gasteiger charge is -2.29. The summed E-state index contributed by atoms with van der Waals surface area (Å²) in [5.74, 6) is 0. The van der Waals surface area contributed by atoms with E-state index < -0.39 is 0 Å². The van der Waals surface area contributed by atoms with Gasteiger partial charge in [0.05, 0.1) is 6.04 Å². The van der Waals surface area contributed by atoms with Crippen molar-refractivity contribution in [2.75, 3.05) is 7.05 Å². The van der Waals surface area contributed by atoms with Crippen LogP contribution in [0.25, 0.3) is 0 Å². The molecule has 3 nitrogen and oxygen atoms in total. The summed E-state index contributed by atoms with van der Waals surface area (Å²) in [5, 5.41) is 4.77. The van der Waals surface area contributed by atoms with Gasteiger partial charge in [0.2, 0.25) is 0 Å². The van der Waals surface area contributed by atoms with E-state index in [4.69, 9.17) is 5.73 Å². The van der Waals surface area contributed by atoms with E-state index in [9.17, 15) is 0 Å². The monoisotopic (exact) mass is 185 g/mol. The first kappa shape index (κ1) is 8.38. The molecule has 3 atom stereocenters. The second kappa shape index (κ2) is 3.26. The molecule has 1 aliphatic carbocycles. The molecule has 4 heteroatoms. The van der Waals surface area contributed by atoms with Gasteiger partial charge in [-0.25, -0.2) is 0 Å². The number of nitrogens with one attached hydrogen (secondary N) is 1. The van der Waals surface area contributed by atoms with Crippen molar-refractivity contribution in [2.24, 2.45) is 10.7 Å². The number of nitrogens with two attached hydrogens (primary N) is 1. The van der Waals surface area contributed by atoms with Crippen molar-refractivity contribution in [2.45, 2.75) is 36.6 Å². The van der Waals surface area contributed by atoms with E-state index in [1.54, 1.807) is 11.8 Å². The second-order valence-electron chi connectivity index (χ2n) is 3.49. The molecule has 0 amide bonds. The van der Waals surface area contributed by atoms with Crippen LogP contribution in [0, 0.1) is 0 Å². The van der Waals surface area contributed by atoms with Crippen molar-refractivity contribution in [1.29, 1.82) is 0 Å². The number of aliphatic imine (C=N–C) groups is 1. The van der Waals surface area contributed by atoms with Crippen molar-refractivity contribution in [3.8, 4) is 0 Å². The second-order valence-corrected chi connectivity index (χ2v) is 4.75. The number of hydrogen-bond acceptors (Lipinski definition) is 4. The van der Waals surface area contributed by atoms with Crippen molar-refractivity contribution in [3.63, 3.8) is 0 Å². The highest BCUT2D eigenvalue weighted by molar-refractivity contribution is 8.14. The smallest absolute Gasteiger partial charge is 0.154 e. The minimum absolute atomic E-state index is 0.514. The molecular formula is C8H15N3S. The summed E-state index contributed by atoms with van der Waals surface area (Å²) in [6.45, 7) is 0. The first-order chi connectivity index (χ1) is 5.79. The lowest BCUT2D eigenvalue weighted by atomic mass is 9.91. The van der Waals surface area contributed by atoms with Crippen LogP contribution in [0.4, 0.5) is 0 Å². The van der Waals surface area contributed by atoms with Crippen molar-refractivity contribution in [3.05, 3.63) is 0 Å². The fraction of sp³-hybridized carbons (Fsp3) is 0.875. The molecule has 0 radical (unpaired) electrons. The van der Waals surface area contributed by atoms with Gasteiger partial charge in [-0.3, -0.25) is 4.99 Å². The number of nitrogens with zero attached hydrogens (tertiary/aromatic N) is 1. The Hall–Kier alpha value is -0.220. The van der Waals surface area contributed by atoms with Crippen molar-refractivity contribution < 1.29 is 0 Å². The molecule has 3 unspecified atom stereocenters. The average Bonchev–Trinajstić information content (AvgIpc) is 2.43. The molecule has 1 heterocycles. The summed E-state index contributed by atoms with van der Waals surface area (Å²) < 4.78 is 0. The normalized spacial score (nSPS) is 40.8. The summed E-state index contributed by atoms with van der Waals surface area (Å²) in [6.07, 6.45) is 3.66. The number of rotatable bonds is 1. The minimum Gasteiger partial charge on any atom is -0.379 e. The van der Waals surface area contributed by atoms with Gasteiger partial charge in [-0.05, 0) is 26.3 Å². The van der Waals surface area contributed by atoms with E-state index in [0.717, 1.165) is 5.17 Å². The molecule has 0 aromatic carbocycles. The first-order valence-electron chi connectivity index (χ1n) is 4.47. The Morgan fingerprint density at radius 3 is 3.17 bits per heavy atom. The van der Waals surface area contributed by atoms with Gasteiger partial charge >= 0.3 is 0 Å². The summed E-state index contributed by atoms with van der Waals surface area (Å²) in [7, 11) is 2.04. The molecule has 0 bridgehead atoms. The average molecular weight is 185 g/mol. The molecule has 1 fully saturated rings. The van der Waals surface area contributed by atoms with Crippen molar-refractivity contribution in [1.82, 2.24) is 5.32 Å². The maximum Gasteiger partial charge on any atom is 0.154 e. The van der Waals surface area contributed by atoms with E-state index in [2.05, 4.69) is 10.3 Å². The highest BCUT2D eigenvalue weighted by atomic mass is 32.2. The number of amidine groups is 1. The molecule has 0 saturated heterocycles. The summed E-state index contributed by atoms with van der Waals surface area (Å²) in [4.78, 5) is 4.41. The maximum atomic E-state index is 5.67. The van der Waals surface area contributed by atoms with E-state index in [1.807, 2.05) is 7.05 Å². The zero-order valence-corrected chi connectivity index (χ0v) is 8.10. The highest BCUT2D eigenvalue weighted by Gasteiger charge is 2.34. The zero-order valence-electron chi connectivity index (χ0n) is 7.29. The topological polar surface area (TPSA) is 50.4 Å². The van der Waals surface area contributed by atoms with Gasteiger partial charge in [0.15, 0.2) is 5.17 Å². The summed E-state index contributed by atoms with van der Waals surface area (Å²) in [5.41, 5.74) is 5.67. The quantitative estimate of drug-likeness (QED) is 0.627. The third-order valence-corrected chi connectivity index (χ3v) is 3.89. The molecule has 0 aromatic rings. The van der Waals surface area contributed by atoms with E-state index >= 15 is 0 Å². The third-order valence-electron chi connectivity index (χ3n) is 2.73. The Balaban J connectivity index is 1.97. The number of thioether (sulfide) groups is 1. The minimum atomic E-state index is 0.514. The molecule has 68 valence electrons. The molecule has 2 rings (SSSR count). The van der Waals surface area contributed by atoms with Crippen LogP contribution in [0.15, 0.2) is 4.99 Å². The number of hydrogen-bond donors (Lipinski definition) is 2. The Morgan fingerprint density at radius 1 is 1.58 bits per heavy atom. The number of fused-ring (bicyclic) bond motifs is 1. The summed E-state index contributed by atoms with van der Waals surface area (Å²) >= 11 is 1.76. The summed E-state index contributed by atoms with van der Waals surface area (Å²) in [6, 6.07) is 1.19. The van der Waals surface area contributed by atoms with Crippen LogP contribution < -0.4 is 11.1 Å². The van der Waals surface area contributed by atoms with Gasteiger partial charge in [0, 0.05) is 11.3 Å². The van der Waals surface area contributed by atoms with Crippen LogP contribution in [-0.4, -0.2) is 29.5 Å². The first-order valence-corrected chi connectivity index (χ1v) is 5.34. The standard InChI is InChI=1S/C8H15N3S/c1-10-5-2-3-6-7(4-5)12-8(9)11-6/h5-7,10H,2-4H2,1H3,(H2,9,11). The van der Waals surface area contributed by atoms with E-state index in [-0.39, 0.29) is 0 Å². The molecule has 12 heavy (non-hydrogen) atoms. The van der Waals surface area contributed by atoms with Crippen LogP contribution in [0.3, 0.4) is 0 Å². The van der Waals surface area contributed by atoms with Gasteiger partial charge in [-0.2, -0.15) is 0 Å². The van der Waals surface area contributed by atoms with Crippen LogP contribution in [0.5, 0.6) is 0 Å². The Bertz CT molecular complexity index is 204. The van der Waals surface area contributed by atoms with Crippen LogP contribution in [0.2, 0.25) is 0 Å².